The van der Waals surface area contributed by atoms with E-state index in [-0.39, 0.29) is 61.8 Å². The predicted octanol–water partition coefficient (Wildman–Crippen LogP) is 2.17. The number of hydrogen-bond donors (Lipinski definition) is 0. The molecule has 5 aromatic carbocycles. The SMILES string of the molecule is CC(C)(C)c1cc2c([cH-]c3c(C(C)(C)C)cccc32)c(C2=CC=CC2)c1[Si](c1ccccc1)c1ccccc1.[Cl-].[Cl-].[Zr+3]. The Labute approximate surface area is 285 Å². The Kier molecular flexibility index (Phi) is 10.9. The minimum absolute atomic E-state index is 0. The third kappa shape index (κ3) is 6.25. The summed E-state index contributed by atoms with van der Waals surface area (Å²) in [6, 6.07) is 34.5. The molecule has 0 aromatic heterocycles. The first kappa shape index (κ1) is 34.4. The molecule has 1 aliphatic rings. The van der Waals surface area contributed by atoms with Crippen LogP contribution < -0.4 is 40.4 Å². The Morgan fingerprint density at radius 3 is 1.71 bits per heavy atom. The van der Waals surface area contributed by atoms with Gasteiger partial charge in [-0.25, -0.2) is 0 Å². The minimum atomic E-state index is -1.29. The Bertz CT molecular complexity index is 1690. The Balaban J connectivity index is 0.00000161. The van der Waals surface area contributed by atoms with E-state index in [1.807, 2.05) is 0 Å². The normalized spacial score (nSPS) is 13.1. The fraction of sp³-hybridized carbons (Fsp3) is 0.237. The molecule has 0 aliphatic heterocycles. The Morgan fingerprint density at radius 2 is 1.21 bits per heavy atom. The second-order valence-electron chi connectivity index (χ2n) is 13.0. The van der Waals surface area contributed by atoms with E-state index in [0.29, 0.717) is 0 Å². The second-order valence-corrected chi connectivity index (χ2v) is 15.4. The van der Waals surface area contributed by atoms with Crippen molar-refractivity contribution < 1.29 is 51.0 Å². The molecule has 0 atom stereocenters. The largest absolute Gasteiger partial charge is 3.00 e. The number of fused-ring (bicyclic) bond motifs is 3. The van der Waals surface area contributed by atoms with Crippen molar-refractivity contribution in [1.82, 2.24) is 0 Å². The van der Waals surface area contributed by atoms with E-state index in [1.165, 1.54) is 54.2 Å². The van der Waals surface area contributed by atoms with Gasteiger partial charge in [0.25, 0.3) is 0 Å². The van der Waals surface area contributed by atoms with Gasteiger partial charge in [-0.05, 0) is 17.3 Å². The Morgan fingerprint density at radius 1 is 0.643 bits per heavy atom. The van der Waals surface area contributed by atoms with Crippen molar-refractivity contribution in [2.45, 2.75) is 58.8 Å². The smallest absolute Gasteiger partial charge is 1.00 e. The standard InChI is InChI=1S/C38H38Si.2ClH.Zr/c1-37(2,3)33-23-15-22-29-30-25-34(38(4,5)6)36(35(26-16-13-14-17-26)32(30)24-31(29)33)39(27-18-9-7-10-19-27)28-20-11-8-12-21-28;;;/h7-16,18-25H,17H2,1-6H3;2*1H;/q-1;;;+3/p-2. The average molecular weight is 685 g/mol. The van der Waals surface area contributed by atoms with Crippen LogP contribution in [0.5, 0.6) is 0 Å². The van der Waals surface area contributed by atoms with Crippen LogP contribution in [0, 0.1) is 0 Å². The molecule has 1 aliphatic carbocycles. The molecule has 5 aromatic rings. The van der Waals surface area contributed by atoms with Gasteiger partial charge in [0.2, 0.25) is 0 Å². The van der Waals surface area contributed by atoms with Gasteiger partial charge in [0.15, 0.2) is 0 Å². The molecule has 0 bridgehead atoms. The fourth-order valence-corrected chi connectivity index (χ4v) is 9.53. The molecule has 0 saturated heterocycles. The molecular formula is C38H38Cl2SiZr. The van der Waals surface area contributed by atoms with Crippen molar-refractivity contribution in [3.63, 3.8) is 0 Å². The molecule has 6 rings (SSSR count). The van der Waals surface area contributed by atoms with Gasteiger partial charge >= 0.3 is 26.2 Å². The van der Waals surface area contributed by atoms with E-state index >= 15 is 0 Å². The molecule has 212 valence electrons. The first-order valence-electron chi connectivity index (χ1n) is 14.2. The summed E-state index contributed by atoms with van der Waals surface area (Å²) in [7, 11) is -1.29. The molecule has 0 amide bonds. The zero-order chi connectivity index (χ0) is 27.4. The summed E-state index contributed by atoms with van der Waals surface area (Å²) in [5, 5.41) is 10.0. The number of benzene rings is 4. The van der Waals surface area contributed by atoms with E-state index < -0.39 is 8.80 Å². The maximum atomic E-state index is 2.56. The summed E-state index contributed by atoms with van der Waals surface area (Å²) < 4.78 is 0. The summed E-state index contributed by atoms with van der Waals surface area (Å²) in [4.78, 5) is 0. The Hall–Kier alpha value is -2.09. The summed E-state index contributed by atoms with van der Waals surface area (Å²) >= 11 is 0. The molecule has 0 saturated carbocycles. The summed E-state index contributed by atoms with van der Waals surface area (Å²) in [6.45, 7) is 14.2. The van der Waals surface area contributed by atoms with Crippen LogP contribution in [0.2, 0.25) is 0 Å². The van der Waals surface area contributed by atoms with Crippen LogP contribution in [0.1, 0.15) is 64.7 Å². The van der Waals surface area contributed by atoms with E-state index in [1.54, 1.807) is 5.19 Å². The van der Waals surface area contributed by atoms with Gasteiger partial charge in [-0.2, -0.15) is 0 Å². The van der Waals surface area contributed by atoms with Gasteiger partial charge in [-0.15, -0.1) is 27.6 Å². The van der Waals surface area contributed by atoms with Crippen LogP contribution in [0.4, 0.5) is 0 Å². The molecule has 42 heavy (non-hydrogen) atoms. The number of hydrogen-bond acceptors (Lipinski definition) is 0. The van der Waals surface area contributed by atoms with E-state index in [4.69, 9.17) is 0 Å². The number of rotatable bonds is 4. The molecule has 2 radical (unpaired) electrons. The first-order chi connectivity index (χ1) is 18.6. The molecule has 0 N–H and O–H groups in total. The van der Waals surface area contributed by atoms with Crippen molar-refractivity contribution >= 4 is 51.5 Å². The molecule has 0 unspecified atom stereocenters. The van der Waals surface area contributed by atoms with Gasteiger partial charge in [0.05, 0.1) is 0 Å². The van der Waals surface area contributed by atoms with Crippen LogP contribution in [-0.4, -0.2) is 8.80 Å². The van der Waals surface area contributed by atoms with Gasteiger partial charge in [0, 0.05) is 0 Å². The predicted molar refractivity (Wildman–Crippen MR) is 174 cm³/mol. The van der Waals surface area contributed by atoms with Crippen LogP contribution in [-0.2, 0) is 37.0 Å². The minimum Gasteiger partial charge on any atom is -1.00 e. The van der Waals surface area contributed by atoms with E-state index in [2.05, 4.69) is 151 Å². The monoisotopic (exact) mass is 682 g/mol. The zero-order valence-electron chi connectivity index (χ0n) is 25.4. The third-order valence-electron chi connectivity index (χ3n) is 8.14. The van der Waals surface area contributed by atoms with Crippen molar-refractivity contribution in [3.8, 4) is 0 Å². The van der Waals surface area contributed by atoms with E-state index in [9.17, 15) is 0 Å². The zero-order valence-corrected chi connectivity index (χ0v) is 30.3. The molecule has 0 fully saturated rings. The number of allylic oxidation sites excluding steroid dienone is 4. The molecule has 0 nitrogen and oxygen atoms in total. The number of halogens is 2. The van der Waals surface area contributed by atoms with Crippen molar-refractivity contribution in [3.05, 3.63) is 126 Å². The van der Waals surface area contributed by atoms with Crippen LogP contribution >= 0.6 is 0 Å². The molecular weight excluding hydrogens is 647 g/mol. The maximum absolute atomic E-state index is 2.56. The molecule has 0 spiro atoms. The first-order valence-corrected chi connectivity index (χ1v) is 15.7. The van der Waals surface area contributed by atoms with Crippen LogP contribution in [0.3, 0.4) is 0 Å². The van der Waals surface area contributed by atoms with Crippen molar-refractivity contribution in [2.75, 3.05) is 0 Å². The molecule has 4 heteroatoms. The van der Waals surface area contributed by atoms with Crippen LogP contribution in [0.15, 0.2) is 109 Å². The van der Waals surface area contributed by atoms with Crippen molar-refractivity contribution in [1.29, 1.82) is 0 Å². The van der Waals surface area contributed by atoms with E-state index in [0.717, 1.165) is 6.42 Å². The maximum Gasteiger partial charge on any atom is 3.00 e. The quantitative estimate of drug-likeness (QED) is 0.155. The van der Waals surface area contributed by atoms with Crippen LogP contribution in [0.25, 0.3) is 27.1 Å². The summed E-state index contributed by atoms with van der Waals surface area (Å²) in [6.07, 6.45) is 7.91. The average Bonchev–Trinajstić information content (AvgIpc) is 3.56. The fourth-order valence-electron chi connectivity index (χ4n) is 6.31. The van der Waals surface area contributed by atoms with Crippen molar-refractivity contribution in [2.24, 2.45) is 0 Å². The summed E-state index contributed by atoms with van der Waals surface area (Å²) in [5.74, 6) is 0. The third-order valence-corrected chi connectivity index (χ3v) is 11.0. The van der Waals surface area contributed by atoms with Gasteiger partial charge < -0.3 is 24.8 Å². The van der Waals surface area contributed by atoms with Gasteiger partial charge in [-0.3, -0.25) is 0 Å². The summed E-state index contributed by atoms with van der Waals surface area (Å²) in [5.41, 5.74) is 5.90. The second kappa shape index (κ2) is 13.3. The van der Waals surface area contributed by atoms with Gasteiger partial charge in [-0.1, -0.05) is 183 Å². The topological polar surface area (TPSA) is 0 Å². The van der Waals surface area contributed by atoms with Gasteiger partial charge in [0.1, 0.15) is 8.80 Å². The molecule has 0 heterocycles.